The van der Waals surface area contributed by atoms with E-state index < -0.39 is 16.7 Å². The standard InChI is InChI=1S/C21H25N5O4/c1-15-5-6-18(26(29)30)12-19(15)24-21(28)20(27)23-13-16-7-10-25(11-8-16)14-17-4-2-3-9-22-17/h2-6,9,12,16H,7-8,10-11,13-14H2,1H3,(H,23,27)(H,24,28). The fourth-order valence-corrected chi connectivity index (χ4v) is 3.42. The summed E-state index contributed by atoms with van der Waals surface area (Å²) < 4.78 is 0. The molecule has 2 heterocycles. The third-order valence-electron chi connectivity index (χ3n) is 5.26. The maximum atomic E-state index is 12.2. The van der Waals surface area contributed by atoms with Crippen LogP contribution >= 0.6 is 0 Å². The molecule has 0 atom stereocenters. The highest BCUT2D eigenvalue weighted by atomic mass is 16.6. The van der Waals surface area contributed by atoms with Gasteiger partial charge in [0.2, 0.25) is 0 Å². The van der Waals surface area contributed by atoms with E-state index in [0.29, 0.717) is 18.0 Å². The van der Waals surface area contributed by atoms with Crippen LogP contribution in [0, 0.1) is 23.0 Å². The van der Waals surface area contributed by atoms with Gasteiger partial charge in [0.1, 0.15) is 0 Å². The van der Waals surface area contributed by atoms with Gasteiger partial charge in [-0.3, -0.25) is 29.6 Å². The van der Waals surface area contributed by atoms with Crippen LogP contribution in [-0.2, 0) is 16.1 Å². The lowest BCUT2D eigenvalue weighted by Crippen LogP contribution is -2.41. The van der Waals surface area contributed by atoms with E-state index in [0.717, 1.165) is 38.2 Å². The zero-order chi connectivity index (χ0) is 21.5. The number of aryl methyl sites for hydroxylation is 1. The minimum Gasteiger partial charge on any atom is -0.348 e. The number of piperidine rings is 1. The summed E-state index contributed by atoms with van der Waals surface area (Å²) in [5.41, 5.74) is 1.79. The van der Waals surface area contributed by atoms with Crippen LogP contribution in [0.3, 0.4) is 0 Å². The summed E-state index contributed by atoms with van der Waals surface area (Å²) in [5.74, 6) is -1.26. The van der Waals surface area contributed by atoms with Crippen LogP contribution in [0.4, 0.5) is 11.4 Å². The number of aromatic nitrogens is 1. The summed E-state index contributed by atoms with van der Waals surface area (Å²) in [6, 6.07) is 10.0. The summed E-state index contributed by atoms with van der Waals surface area (Å²) in [6.07, 6.45) is 3.65. The second kappa shape index (κ2) is 9.93. The van der Waals surface area contributed by atoms with Gasteiger partial charge in [0.15, 0.2) is 0 Å². The molecule has 2 amide bonds. The van der Waals surface area contributed by atoms with Gasteiger partial charge in [0.25, 0.3) is 5.69 Å². The van der Waals surface area contributed by atoms with Crippen LogP contribution in [-0.4, -0.2) is 46.3 Å². The Kier molecular flexibility index (Phi) is 7.08. The Morgan fingerprint density at radius 1 is 1.20 bits per heavy atom. The first-order chi connectivity index (χ1) is 14.4. The molecule has 0 unspecified atom stereocenters. The number of carbonyl (C=O) groups excluding carboxylic acids is 2. The second-order valence-electron chi connectivity index (χ2n) is 7.46. The Bertz CT molecular complexity index is 911. The quantitative estimate of drug-likeness (QED) is 0.428. The van der Waals surface area contributed by atoms with Gasteiger partial charge < -0.3 is 10.6 Å². The zero-order valence-corrected chi connectivity index (χ0v) is 16.8. The van der Waals surface area contributed by atoms with Crippen LogP contribution < -0.4 is 10.6 Å². The number of nitro groups is 1. The Hall–Kier alpha value is -3.33. The molecular formula is C21H25N5O4. The SMILES string of the molecule is Cc1ccc([N+](=O)[O-])cc1NC(=O)C(=O)NCC1CCN(Cc2ccccn2)CC1. The number of pyridine rings is 1. The van der Waals surface area contributed by atoms with Crippen molar-refractivity contribution >= 4 is 23.2 Å². The lowest BCUT2D eigenvalue weighted by molar-refractivity contribution is -0.384. The molecule has 9 heteroatoms. The summed E-state index contributed by atoms with van der Waals surface area (Å²) in [7, 11) is 0. The minimum absolute atomic E-state index is 0.145. The first-order valence-corrected chi connectivity index (χ1v) is 9.89. The molecule has 1 aromatic carbocycles. The molecule has 1 aliphatic heterocycles. The van der Waals surface area contributed by atoms with Crippen molar-refractivity contribution < 1.29 is 14.5 Å². The van der Waals surface area contributed by atoms with Gasteiger partial charge in [0.05, 0.1) is 16.3 Å². The molecule has 0 radical (unpaired) electrons. The predicted molar refractivity (Wildman–Crippen MR) is 112 cm³/mol. The Morgan fingerprint density at radius 3 is 2.63 bits per heavy atom. The highest BCUT2D eigenvalue weighted by molar-refractivity contribution is 6.39. The largest absolute Gasteiger partial charge is 0.348 e. The molecule has 1 aromatic heterocycles. The van der Waals surface area contributed by atoms with Crippen molar-refractivity contribution in [2.24, 2.45) is 5.92 Å². The number of anilines is 1. The van der Waals surface area contributed by atoms with Crippen LogP contribution in [0.25, 0.3) is 0 Å². The van der Waals surface area contributed by atoms with Crippen molar-refractivity contribution in [3.8, 4) is 0 Å². The summed E-state index contributed by atoms with van der Waals surface area (Å²) in [4.78, 5) is 41.3. The molecule has 2 N–H and O–H groups in total. The smallest absolute Gasteiger partial charge is 0.313 e. The molecule has 3 rings (SSSR count). The number of hydrogen-bond donors (Lipinski definition) is 2. The number of carbonyl (C=O) groups is 2. The molecule has 1 fully saturated rings. The minimum atomic E-state index is -0.828. The number of nitro benzene ring substituents is 1. The van der Waals surface area contributed by atoms with Gasteiger partial charge in [-0.05, 0) is 56.5 Å². The van der Waals surface area contributed by atoms with Gasteiger partial charge >= 0.3 is 11.8 Å². The Labute approximate surface area is 174 Å². The van der Waals surface area contributed by atoms with E-state index in [1.165, 1.54) is 18.2 Å². The maximum Gasteiger partial charge on any atom is 0.313 e. The predicted octanol–water partition coefficient (Wildman–Crippen LogP) is 2.27. The van der Waals surface area contributed by atoms with E-state index in [4.69, 9.17) is 0 Å². The second-order valence-corrected chi connectivity index (χ2v) is 7.46. The highest BCUT2D eigenvalue weighted by Crippen LogP contribution is 2.22. The van der Waals surface area contributed by atoms with E-state index >= 15 is 0 Å². The molecule has 0 bridgehead atoms. The number of hydrogen-bond acceptors (Lipinski definition) is 6. The first kappa shape index (κ1) is 21.4. The van der Waals surface area contributed by atoms with Gasteiger partial charge in [-0.25, -0.2) is 0 Å². The van der Waals surface area contributed by atoms with Crippen LogP contribution in [0.5, 0.6) is 0 Å². The monoisotopic (exact) mass is 411 g/mol. The van der Waals surface area contributed by atoms with Crippen molar-refractivity contribution in [3.63, 3.8) is 0 Å². The summed E-state index contributed by atoms with van der Waals surface area (Å²) >= 11 is 0. The molecule has 30 heavy (non-hydrogen) atoms. The average molecular weight is 411 g/mol. The van der Waals surface area contributed by atoms with Gasteiger partial charge in [-0.15, -0.1) is 0 Å². The molecule has 9 nitrogen and oxygen atoms in total. The first-order valence-electron chi connectivity index (χ1n) is 9.89. The summed E-state index contributed by atoms with van der Waals surface area (Å²) in [5, 5.41) is 16.0. The van der Waals surface area contributed by atoms with E-state index in [1.54, 1.807) is 13.1 Å². The molecular weight excluding hydrogens is 386 g/mol. The third-order valence-corrected chi connectivity index (χ3v) is 5.26. The van der Waals surface area contributed by atoms with E-state index in [-0.39, 0.29) is 11.4 Å². The van der Waals surface area contributed by atoms with Crippen LogP contribution in [0.2, 0.25) is 0 Å². The van der Waals surface area contributed by atoms with E-state index in [1.807, 2.05) is 18.2 Å². The average Bonchev–Trinajstić information content (AvgIpc) is 2.75. The van der Waals surface area contributed by atoms with Crippen molar-refractivity contribution in [1.82, 2.24) is 15.2 Å². The zero-order valence-electron chi connectivity index (χ0n) is 16.8. The number of nitrogens with zero attached hydrogens (tertiary/aromatic N) is 3. The molecule has 2 aromatic rings. The number of non-ortho nitro benzene ring substituents is 1. The van der Waals surface area contributed by atoms with Crippen molar-refractivity contribution in [2.45, 2.75) is 26.3 Å². The number of benzene rings is 1. The van der Waals surface area contributed by atoms with Crippen LogP contribution in [0.15, 0.2) is 42.6 Å². The Balaban J connectivity index is 1.43. The molecule has 0 saturated carbocycles. The normalized spacial score (nSPS) is 14.8. The number of likely N-dealkylation sites (tertiary alicyclic amines) is 1. The van der Waals surface area contributed by atoms with Crippen molar-refractivity contribution in [3.05, 3.63) is 64.0 Å². The molecule has 0 aliphatic carbocycles. The van der Waals surface area contributed by atoms with Crippen LogP contribution in [0.1, 0.15) is 24.1 Å². The molecule has 1 aliphatic rings. The van der Waals surface area contributed by atoms with Gasteiger partial charge in [-0.2, -0.15) is 0 Å². The topological polar surface area (TPSA) is 117 Å². The molecule has 158 valence electrons. The van der Waals surface area contributed by atoms with E-state index in [9.17, 15) is 19.7 Å². The lowest BCUT2D eigenvalue weighted by atomic mass is 9.96. The summed E-state index contributed by atoms with van der Waals surface area (Å²) in [6.45, 7) is 4.77. The van der Waals surface area contributed by atoms with Gasteiger partial charge in [-0.1, -0.05) is 12.1 Å². The lowest BCUT2D eigenvalue weighted by Gasteiger charge is -2.31. The van der Waals surface area contributed by atoms with Crippen molar-refractivity contribution in [2.75, 3.05) is 25.0 Å². The highest BCUT2D eigenvalue weighted by Gasteiger charge is 2.22. The molecule has 0 spiro atoms. The number of nitrogens with one attached hydrogen (secondary N) is 2. The number of amides is 2. The fourth-order valence-electron chi connectivity index (χ4n) is 3.42. The maximum absolute atomic E-state index is 12.2. The third kappa shape index (κ3) is 5.84. The number of rotatable bonds is 6. The van der Waals surface area contributed by atoms with E-state index in [2.05, 4.69) is 20.5 Å². The van der Waals surface area contributed by atoms with Crippen molar-refractivity contribution in [1.29, 1.82) is 0 Å². The van der Waals surface area contributed by atoms with Gasteiger partial charge in [0, 0.05) is 31.4 Å². The fraction of sp³-hybridized carbons (Fsp3) is 0.381. The molecule has 1 saturated heterocycles. The Morgan fingerprint density at radius 2 is 1.97 bits per heavy atom.